The highest BCUT2D eigenvalue weighted by molar-refractivity contribution is 14.1. The molecule has 0 atom stereocenters. The van der Waals surface area contributed by atoms with E-state index in [-0.39, 0.29) is 18.3 Å². The van der Waals surface area contributed by atoms with Crippen LogP contribution in [-0.4, -0.2) is 38.4 Å². The third-order valence-corrected chi connectivity index (χ3v) is 5.86. The van der Waals surface area contributed by atoms with Gasteiger partial charge in [-0.15, -0.1) is 0 Å². The van der Waals surface area contributed by atoms with E-state index >= 15 is 0 Å². The number of carbonyl (C=O) groups excluding carboxylic acids is 2. The fourth-order valence-corrected chi connectivity index (χ4v) is 4.20. The molecular formula is C27H24IN3O6. The molecule has 37 heavy (non-hydrogen) atoms. The summed E-state index contributed by atoms with van der Waals surface area (Å²) in [6.45, 7) is 2.26. The van der Waals surface area contributed by atoms with Gasteiger partial charge in [0.25, 0.3) is 5.91 Å². The fraction of sp³-hybridized carbons (Fsp3) is 0.148. The second-order valence-electron chi connectivity index (χ2n) is 7.68. The maximum Gasteiger partial charge on any atom is 0.307 e. The molecule has 4 aromatic rings. The summed E-state index contributed by atoms with van der Waals surface area (Å²) in [5, 5.41) is 7.55. The number of para-hydroxylation sites is 1. The van der Waals surface area contributed by atoms with Crippen molar-refractivity contribution in [3.63, 3.8) is 0 Å². The first-order chi connectivity index (χ1) is 18.0. The van der Waals surface area contributed by atoms with Gasteiger partial charge in [0.05, 0.1) is 23.5 Å². The van der Waals surface area contributed by atoms with Crippen molar-refractivity contribution in [2.75, 3.05) is 25.6 Å². The van der Waals surface area contributed by atoms with Crippen LogP contribution in [0.5, 0.6) is 17.2 Å². The Morgan fingerprint density at radius 3 is 2.62 bits per heavy atom. The highest BCUT2D eigenvalue weighted by Crippen LogP contribution is 2.33. The minimum Gasteiger partial charge on any atom is -0.494 e. The number of benzene rings is 3. The van der Waals surface area contributed by atoms with Crippen molar-refractivity contribution < 1.29 is 28.2 Å². The van der Waals surface area contributed by atoms with Crippen molar-refractivity contribution in [2.24, 2.45) is 5.10 Å². The summed E-state index contributed by atoms with van der Waals surface area (Å²) in [6, 6.07) is 19.6. The smallest absolute Gasteiger partial charge is 0.307 e. The molecule has 0 fully saturated rings. The van der Waals surface area contributed by atoms with Gasteiger partial charge in [-0.3, -0.25) is 9.59 Å². The van der Waals surface area contributed by atoms with Crippen LogP contribution in [0.2, 0.25) is 0 Å². The van der Waals surface area contributed by atoms with Gasteiger partial charge in [0, 0.05) is 11.1 Å². The SMILES string of the molecule is CCOc1ccc2oc(C(=O)N/N=C/c3cc(I)c(OCC(=O)Nc4ccccc4)c(OC)c3)cc2c1. The first kappa shape index (κ1) is 26.0. The second-order valence-corrected chi connectivity index (χ2v) is 8.84. The van der Waals surface area contributed by atoms with E-state index in [4.69, 9.17) is 18.6 Å². The molecule has 0 saturated carbocycles. The Morgan fingerprint density at radius 1 is 1.05 bits per heavy atom. The van der Waals surface area contributed by atoms with Gasteiger partial charge in [0.15, 0.2) is 23.9 Å². The predicted molar refractivity (Wildman–Crippen MR) is 149 cm³/mol. The molecule has 0 unspecified atom stereocenters. The van der Waals surface area contributed by atoms with E-state index in [1.54, 1.807) is 42.5 Å². The summed E-state index contributed by atoms with van der Waals surface area (Å²) < 4.78 is 23.0. The molecule has 0 aliphatic heterocycles. The highest BCUT2D eigenvalue weighted by Gasteiger charge is 2.15. The lowest BCUT2D eigenvalue weighted by atomic mass is 10.2. The van der Waals surface area contributed by atoms with Crippen molar-refractivity contribution in [1.82, 2.24) is 5.43 Å². The molecule has 10 heteroatoms. The number of methoxy groups -OCH3 is 1. The third kappa shape index (κ3) is 6.79. The number of hydrogen-bond acceptors (Lipinski definition) is 7. The van der Waals surface area contributed by atoms with Crippen LogP contribution in [0.1, 0.15) is 23.0 Å². The lowest BCUT2D eigenvalue weighted by Gasteiger charge is -2.13. The topological polar surface area (TPSA) is 111 Å². The Balaban J connectivity index is 1.38. The van der Waals surface area contributed by atoms with E-state index in [9.17, 15) is 9.59 Å². The number of halogens is 1. The second kappa shape index (κ2) is 12.3. The molecule has 3 aromatic carbocycles. The minimum atomic E-state index is -0.489. The van der Waals surface area contributed by atoms with E-state index in [0.29, 0.717) is 44.3 Å². The van der Waals surface area contributed by atoms with Gasteiger partial charge in [-0.25, -0.2) is 5.43 Å². The minimum absolute atomic E-state index is 0.130. The Labute approximate surface area is 226 Å². The number of anilines is 1. The van der Waals surface area contributed by atoms with Crippen LogP contribution in [0.25, 0.3) is 11.0 Å². The van der Waals surface area contributed by atoms with Gasteiger partial charge in [0.1, 0.15) is 11.3 Å². The van der Waals surface area contributed by atoms with Gasteiger partial charge in [-0.05, 0) is 83.6 Å². The van der Waals surface area contributed by atoms with Crippen LogP contribution >= 0.6 is 22.6 Å². The summed E-state index contributed by atoms with van der Waals surface area (Å²) in [5.41, 5.74) is 4.38. The molecule has 0 radical (unpaired) electrons. The third-order valence-electron chi connectivity index (χ3n) is 5.06. The van der Waals surface area contributed by atoms with E-state index < -0.39 is 5.91 Å². The molecule has 0 saturated heterocycles. The number of hydrazone groups is 1. The average Bonchev–Trinajstić information content (AvgIpc) is 3.32. The van der Waals surface area contributed by atoms with E-state index in [1.807, 2.05) is 31.2 Å². The van der Waals surface area contributed by atoms with Crippen LogP contribution in [0.15, 0.2) is 76.2 Å². The van der Waals surface area contributed by atoms with Gasteiger partial charge in [-0.2, -0.15) is 5.10 Å². The molecule has 2 N–H and O–H groups in total. The molecule has 190 valence electrons. The van der Waals surface area contributed by atoms with E-state index in [2.05, 4.69) is 38.4 Å². The number of nitrogens with zero attached hydrogens (tertiary/aromatic N) is 1. The standard InChI is InChI=1S/C27H24IN3O6/c1-3-35-20-9-10-22-18(13-20)14-24(37-22)27(33)31-29-15-17-11-21(28)26(23(12-17)34-2)36-16-25(32)30-19-7-5-4-6-8-19/h4-15H,3,16H2,1-2H3,(H,30,32)(H,31,33)/b29-15+. The molecule has 2 amide bonds. The van der Waals surface area contributed by atoms with Crippen LogP contribution in [0.4, 0.5) is 5.69 Å². The largest absolute Gasteiger partial charge is 0.494 e. The molecular weight excluding hydrogens is 589 g/mol. The number of furan rings is 1. The van der Waals surface area contributed by atoms with Gasteiger partial charge >= 0.3 is 5.91 Å². The summed E-state index contributed by atoms with van der Waals surface area (Å²) in [4.78, 5) is 24.7. The molecule has 1 heterocycles. The Morgan fingerprint density at radius 2 is 1.86 bits per heavy atom. The van der Waals surface area contributed by atoms with Crippen LogP contribution in [0.3, 0.4) is 0 Å². The van der Waals surface area contributed by atoms with Gasteiger partial charge in [0.2, 0.25) is 0 Å². The number of rotatable bonds is 10. The first-order valence-corrected chi connectivity index (χ1v) is 12.4. The van der Waals surface area contributed by atoms with Crippen molar-refractivity contribution >= 4 is 57.3 Å². The molecule has 0 bridgehead atoms. The Bertz CT molecular complexity index is 1440. The molecule has 0 aliphatic carbocycles. The van der Waals surface area contributed by atoms with Gasteiger partial charge in [-0.1, -0.05) is 18.2 Å². The highest BCUT2D eigenvalue weighted by atomic mass is 127. The molecule has 0 aliphatic rings. The van der Waals surface area contributed by atoms with Crippen LogP contribution in [0, 0.1) is 3.57 Å². The fourth-order valence-electron chi connectivity index (χ4n) is 3.42. The quantitative estimate of drug-likeness (QED) is 0.144. The van der Waals surface area contributed by atoms with Gasteiger partial charge < -0.3 is 23.9 Å². The Kier molecular flexibility index (Phi) is 8.62. The van der Waals surface area contributed by atoms with Crippen molar-refractivity contribution in [1.29, 1.82) is 0 Å². The number of ether oxygens (including phenoxy) is 3. The summed E-state index contributed by atoms with van der Waals surface area (Å²) in [5.74, 6) is 0.906. The normalized spacial score (nSPS) is 10.9. The summed E-state index contributed by atoms with van der Waals surface area (Å²) in [7, 11) is 1.50. The zero-order valence-electron chi connectivity index (χ0n) is 20.1. The van der Waals surface area contributed by atoms with E-state index in [1.165, 1.54) is 13.3 Å². The zero-order valence-corrected chi connectivity index (χ0v) is 22.3. The molecule has 0 spiro atoms. The predicted octanol–water partition coefficient (Wildman–Crippen LogP) is 5.23. The van der Waals surface area contributed by atoms with Crippen molar-refractivity contribution in [3.8, 4) is 17.2 Å². The lowest BCUT2D eigenvalue weighted by molar-refractivity contribution is -0.118. The lowest BCUT2D eigenvalue weighted by Crippen LogP contribution is -2.20. The van der Waals surface area contributed by atoms with Crippen LogP contribution in [-0.2, 0) is 4.79 Å². The molecule has 1 aromatic heterocycles. The maximum absolute atomic E-state index is 12.5. The number of carbonyl (C=O) groups is 2. The van der Waals surface area contributed by atoms with Crippen LogP contribution < -0.4 is 25.0 Å². The summed E-state index contributed by atoms with van der Waals surface area (Å²) >= 11 is 2.09. The monoisotopic (exact) mass is 613 g/mol. The average molecular weight is 613 g/mol. The maximum atomic E-state index is 12.5. The first-order valence-electron chi connectivity index (χ1n) is 11.3. The number of hydrogen-bond donors (Lipinski definition) is 2. The van der Waals surface area contributed by atoms with Crippen molar-refractivity contribution in [3.05, 3.63) is 81.6 Å². The Hall–Kier alpha value is -4.06. The number of nitrogens with one attached hydrogen (secondary N) is 2. The molecule has 9 nitrogen and oxygen atoms in total. The molecule has 4 rings (SSSR count). The zero-order chi connectivity index (χ0) is 26.2. The number of amides is 2. The van der Waals surface area contributed by atoms with Crippen molar-refractivity contribution in [2.45, 2.75) is 6.92 Å². The summed E-state index contributed by atoms with van der Waals surface area (Å²) in [6.07, 6.45) is 1.48. The van der Waals surface area contributed by atoms with E-state index in [0.717, 1.165) is 5.39 Å². The number of fused-ring (bicyclic) bond motifs is 1.